The number of hydrogen-bond acceptors (Lipinski definition) is 1. The zero-order valence-corrected chi connectivity index (χ0v) is 9.47. The molecule has 0 spiro atoms. The Balaban J connectivity index is 2.18. The molecule has 2 heteroatoms. The minimum absolute atomic E-state index is 0.163. The summed E-state index contributed by atoms with van der Waals surface area (Å²) in [7, 11) is 0. The Labute approximate surface area is 93.0 Å². The zero-order valence-electron chi connectivity index (χ0n) is 7.89. The highest BCUT2D eigenvalue weighted by Gasteiger charge is 2.43. The third-order valence-corrected chi connectivity index (χ3v) is 3.15. The van der Waals surface area contributed by atoms with Gasteiger partial charge in [0.1, 0.15) is 0 Å². The average Bonchev–Trinajstić information content (AvgIpc) is 2.96. The van der Waals surface area contributed by atoms with Crippen LogP contribution in [-0.4, -0.2) is 6.54 Å². The van der Waals surface area contributed by atoms with Crippen molar-refractivity contribution in [3.63, 3.8) is 0 Å². The Morgan fingerprint density at radius 1 is 1.50 bits per heavy atom. The highest BCUT2D eigenvalue weighted by atomic mass is 79.9. The van der Waals surface area contributed by atoms with Crippen LogP contribution in [0.2, 0.25) is 0 Å². The van der Waals surface area contributed by atoms with Crippen LogP contribution in [0.15, 0.2) is 28.7 Å². The molecule has 0 unspecified atom stereocenters. The molecule has 0 amide bonds. The molecule has 1 aliphatic carbocycles. The standard InChI is InChI=1S/C12H12BrN/c1-2-8-14-12(6-7-12)10-4-3-5-11(13)9-10/h1,3-5,9,14H,6-8H2. The Morgan fingerprint density at radius 2 is 2.29 bits per heavy atom. The number of nitrogens with one attached hydrogen (secondary N) is 1. The second kappa shape index (κ2) is 3.76. The summed E-state index contributed by atoms with van der Waals surface area (Å²) >= 11 is 3.48. The van der Waals surface area contributed by atoms with Crippen molar-refractivity contribution in [1.82, 2.24) is 5.32 Å². The summed E-state index contributed by atoms with van der Waals surface area (Å²) in [6.45, 7) is 0.645. The van der Waals surface area contributed by atoms with E-state index in [9.17, 15) is 0 Å². The van der Waals surface area contributed by atoms with Crippen LogP contribution in [0.3, 0.4) is 0 Å². The van der Waals surface area contributed by atoms with E-state index < -0.39 is 0 Å². The van der Waals surface area contributed by atoms with Gasteiger partial charge in [-0.05, 0) is 30.5 Å². The van der Waals surface area contributed by atoms with Gasteiger partial charge in [-0.25, -0.2) is 0 Å². The molecule has 1 N–H and O–H groups in total. The molecule has 1 fully saturated rings. The van der Waals surface area contributed by atoms with E-state index in [0.717, 1.165) is 4.47 Å². The van der Waals surface area contributed by atoms with Gasteiger partial charge in [0.25, 0.3) is 0 Å². The molecule has 2 rings (SSSR count). The van der Waals surface area contributed by atoms with Gasteiger partial charge in [0.05, 0.1) is 6.54 Å². The van der Waals surface area contributed by atoms with Crippen LogP contribution in [0, 0.1) is 12.3 Å². The number of rotatable bonds is 3. The monoisotopic (exact) mass is 249 g/mol. The SMILES string of the molecule is C#CCNC1(c2cccc(Br)c2)CC1. The van der Waals surface area contributed by atoms with Gasteiger partial charge in [0.15, 0.2) is 0 Å². The normalized spacial score (nSPS) is 17.4. The van der Waals surface area contributed by atoms with Crippen LogP contribution in [-0.2, 0) is 5.54 Å². The molecule has 1 saturated carbocycles. The maximum Gasteiger partial charge on any atom is 0.0580 e. The van der Waals surface area contributed by atoms with E-state index in [0.29, 0.717) is 6.54 Å². The summed E-state index contributed by atoms with van der Waals surface area (Å²) in [5.41, 5.74) is 1.50. The molecular weight excluding hydrogens is 238 g/mol. The second-order valence-corrected chi connectivity index (χ2v) is 4.57. The fourth-order valence-electron chi connectivity index (χ4n) is 1.70. The van der Waals surface area contributed by atoms with Gasteiger partial charge in [0, 0.05) is 10.0 Å². The number of terminal acetylenes is 1. The summed E-state index contributed by atoms with van der Waals surface area (Å²) in [5.74, 6) is 2.63. The molecule has 0 heterocycles. The largest absolute Gasteiger partial charge is 0.297 e. The van der Waals surface area contributed by atoms with Crippen molar-refractivity contribution in [2.24, 2.45) is 0 Å². The van der Waals surface area contributed by atoms with E-state index in [1.54, 1.807) is 0 Å². The minimum atomic E-state index is 0.163. The van der Waals surface area contributed by atoms with Gasteiger partial charge in [-0.1, -0.05) is 34.0 Å². The molecule has 0 saturated heterocycles. The third-order valence-electron chi connectivity index (χ3n) is 2.66. The molecular formula is C12H12BrN. The van der Waals surface area contributed by atoms with Crippen molar-refractivity contribution in [3.05, 3.63) is 34.3 Å². The maximum absolute atomic E-state index is 5.25. The number of benzene rings is 1. The molecule has 0 radical (unpaired) electrons. The van der Waals surface area contributed by atoms with Crippen molar-refractivity contribution < 1.29 is 0 Å². The van der Waals surface area contributed by atoms with Crippen molar-refractivity contribution in [1.29, 1.82) is 0 Å². The maximum atomic E-state index is 5.25. The Bertz CT molecular complexity index is 374. The van der Waals surface area contributed by atoms with Crippen LogP contribution in [0.1, 0.15) is 18.4 Å². The minimum Gasteiger partial charge on any atom is -0.297 e. The third kappa shape index (κ3) is 1.84. The van der Waals surface area contributed by atoms with Gasteiger partial charge < -0.3 is 0 Å². The second-order valence-electron chi connectivity index (χ2n) is 3.65. The fraction of sp³-hybridized carbons (Fsp3) is 0.333. The van der Waals surface area contributed by atoms with Crippen molar-refractivity contribution in [3.8, 4) is 12.3 Å². The van der Waals surface area contributed by atoms with Crippen LogP contribution in [0.5, 0.6) is 0 Å². The van der Waals surface area contributed by atoms with Crippen molar-refractivity contribution >= 4 is 15.9 Å². The summed E-state index contributed by atoms with van der Waals surface area (Å²) < 4.78 is 1.13. The van der Waals surface area contributed by atoms with Crippen LogP contribution in [0.4, 0.5) is 0 Å². The first-order valence-corrected chi connectivity index (χ1v) is 5.51. The lowest BCUT2D eigenvalue weighted by Crippen LogP contribution is -2.29. The lowest BCUT2D eigenvalue weighted by molar-refractivity contribution is 0.560. The zero-order chi connectivity index (χ0) is 10.0. The van der Waals surface area contributed by atoms with Crippen LogP contribution in [0.25, 0.3) is 0 Å². The number of halogens is 1. The smallest absolute Gasteiger partial charge is 0.0580 e. The molecule has 1 aromatic carbocycles. The average molecular weight is 250 g/mol. The molecule has 0 atom stereocenters. The van der Waals surface area contributed by atoms with E-state index in [1.165, 1.54) is 18.4 Å². The molecule has 0 aliphatic heterocycles. The summed E-state index contributed by atoms with van der Waals surface area (Å²) in [5, 5.41) is 3.41. The highest BCUT2D eigenvalue weighted by molar-refractivity contribution is 9.10. The topological polar surface area (TPSA) is 12.0 Å². The van der Waals surface area contributed by atoms with Crippen LogP contribution >= 0.6 is 15.9 Å². The van der Waals surface area contributed by atoms with E-state index in [4.69, 9.17) is 6.42 Å². The van der Waals surface area contributed by atoms with Gasteiger partial charge in [0.2, 0.25) is 0 Å². The first-order valence-electron chi connectivity index (χ1n) is 4.71. The number of hydrogen-bond donors (Lipinski definition) is 1. The van der Waals surface area contributed by atoms with Gasteiger partial charge in [-0.15, -0.1) is 6.42 Å². The molecule has 72 valence electrons. The molecule has 1 aliphatic rings. The lowest BCUT2D eigenvalue weighted by Gasteiger charge is -2.16. The Hall–Kier alpha value is -0.780. The quantitative estimate of drug-likeness (QED) is 0.813. The predicted molar refractivity (Wildman–Crippen MR) is 61.9 cm³/mol. The van der Waals surface area contributed by atoms with E-state index in [1.807, 2.05) is 6.07 Å². The first kappa shape index (κ1) is 9.76. The summed E-state index contributed by atoms with van der Waals surface area (Å²) in [4.78, 5) is 0. The first-order chi connectivity index (χ1) is 6.77. The fourth-order valence-corrected chi connectivity index (χ4v) is 2.10. The molecule has 1 aromatic rings. The van der Waals surface area contributed by atoms with E-state index in [2.05, 4.69) is 45.4 Å². The molecule has 0 aromatic heterocycles. The van der Waals surface area contributed by atoms with E-state index in [-0.39, 0.29) is 5.54 Å². The summed E-state index contributed by atoms with van der Waals surface area (Å²) in [6, 6.07) is 8.43. The Kier molecular flexibility index (Phi) is 2.62. The molecule has 14 heavy (non-hydrogen) atoms. The highest BCUT2D eigenvalue weighted by Crippen LogP contribution is 2.45. The molecule has 1 nitrogen and oxygen atoms in total. The van der Waals surface area contributed by atoms with Crippen molar-refractivity contribution in [2.75, 3.05) is 6.54 Å². The summed E-state index contributed by atoms with van der Waals surface area (Å²) in [6.07, 6.45) is 7.62. The van der Waals surface area contributed by atoms with Gasteiger partial charge in [-0.2, -0.15) is 0 Å². The van der Waals surface area contributed by atoms with Crippen molar-refractivity contribution in [2.45, 2.75) is 18.4 Å². The molecule has 0 bridgehead atoms. The van der Waals surface area contributed by atoms with E-state index >= 15 is 0 Å². The van der Waals surface area contributed by atoms with Crippen LogP contribution < -0.4 is 5.32 Å². The van der Waals surface area contributed by atoms with Gasteiger partial charge in [-0.3, -0.25) is 5.32 Å². The lowest BCUT2D eigenvalue weighted by atomic mass is 10.1. The predicted octanol–water partition coefficient (Wildman–Crippen LogP) is 2.66. The Morgan fingerprint density at radius 3 is 2.86 bits per heavy atom. The van der Waals surface area contributed by atoms with Gasteiger partial charge >= 0.3 is 0 Å².